The van der Waals surface area contributed by atoms with Crippen LogP contribution in [0.4, 0.5) is 4.39 Å². The molecular formula is C14H20ClFN2O. The van der Waals surface area contributed by atoms with Gasteiger partial charge in [-0.3, -0.25) is 4.79 Å². The number of aryl methyl sites for hydroxylation is 1. The van der Waals surface area contributed by atoms with Gasteiger partial charge in [0, 0.05) is 12.5 Å². The Morgan fingerprint density at radius 3 is 2.74 bits per heavy atom. The number of halogens is 2. The van der Waals surface area contributed by atoms with Crippen LogP contribution >= 0.6 is 12.4 Å². The van der Waals surface area contributed by atoms with E-state index < -0.39 is 0 Å². The lowest BCUT2D eigenvalue weighted by atomic mass is 9.97. The summed E-state index contributed by atoms with van der Waals surface area (Å²) in [4.78, 5) is 11.9. The van der Waals surface area contributed by atoms with E-state index in [1.807, 2.05) is 0 Å². The van der Waals surface area contributed by atoms with Crippen molar-refractivity contribution in [3.8, 4) is 0 Å². The minimum atomic E-state index is -0.205. The maximum absolute atomic E-state index is 13.1. The number of benzene rings is 1. The lowest BCUT2D eigenvalue weighted by molar-refractivity contribution is -0.125. The third-order valence-electron chi connectivity index (χ3n) is 3.40. The van der Waals surface area contributed by atoms with Crippen LogP contribution in [0.5, 0.6) is 0 Å². The van der Waals surface area contributed by atoms with E-state index in [0.717, 1.165) is 31.5 Å². The van der Waals surface area contributed by atoms with Crippen molar-refractivity contribution < 1.29 is 9.18 Å². The molecule has 1 amide bonds. The minimum Gasteiger partial charge on any atom is -0.352 e. The van der Waals surface area contributed by atoms with Gasteiger partial charge >= 0.3 is 0 Å². The molecule has 1 aliphatic rings. The average molecular weight is 287 g/mol. The Hall–Kier alpha value is -1.13. The summed E-state index contributed by atoms with van der Waals surface area (Å²) in [7, 11) is 0. The summed E-state index contributed by atoms with van der Waals surface area (Å²) in [5.74, 6) is 0.0229. The molecule has 2 rings (SSSR count). The zero-order chi connectivity index (χ0) is 13.0. The number of carbonyl (C=O) groups is 1. The molecule has 0 aromatic heterocycles. The molecule has 0 spiro atoms. The van der Waals surface area contributed by atoms with Gasteiger partial charge in [0.05, 0.1) is 0 Å². The van der Waals surface area contributed by atoms with Crippen molar-refractivity contribution in [1.82, 2.24) is 10.6 Å². The van der Waals surface area contributed by atoms with Gasteiger partial charge in [-0.05, 0) is 50.0 Å². The highest BCUT2D eigenvalue weighted by Gasteiger charge is 2.20. The van der Waals surface area contributed by atoms with E-state index in [9.17, 15) is 9.18 Å². The summed E-state index contributed by atoms with van der Waals surface area (Å²) in [5.41, 5.74) is 1.56. The smallest absolute Gasteiger partial charge is 0.223 e. The standard InChI is InChI=1S/C14H19FN2O.ClH/c1-10-8-11(2-3-13(10)15)9-17-14(18)12-4-6-16-7-5-12;/h2-3,8,12,16H,4-7,9H2,1H3,(H,17,18);1H. The predicted octanol–water partition coefficient (Wildman–Crippen LogP) is 2.17. The first-order chi connectivity index (χ1) is 8.66. The van der Waals surface area contributed by atoms with Crippen molar-refractivity contribution in [1.29, 1.82) is 0 Å². The second-order valence-electron chi connectivity index (χ2n) is 4.83. The van der Waals surface area contributed by atoms with Gasteiger partial charge in [0.1, 0.15) is 5.82 Å². The molecular weight excluding hydrogens is 267 g/mol. The van der Waals surface area contributed by atoms with Crippen LogP contribution in [0.2, 0.25) is 0 Å². The van der Waals surface area contributed by atoms with E-state index in [1.54, 1.807) is 19.1 Å². The molecule has 1 aromatic rings. The first-order valence-corrected chi connectivity index (χ1v) is 6.40. The Morgan fingerprint density at radius 2 is 2.11 bits per heavy atom. The Labute approximate surface area is 119 Å². The van der Waals surface area contributed by atoms with E-state index in [1.165, 1.54) is 6.07 Å². The van der Waals surface area contributed by atoms with Crippen LogP contribution in [-0.4, -0.2) is 19.0 Å². The Kier molecular flexibility index (Phi) is 6.25. The van der Waals surface area contributed by atoms with Gasteiger partial charge in [-0.2, -0.15) is 0 Å². The number of hydrogen-bond acceptors (Lipinski definition) is 2. The van der Waals surface area contributed by atoms with Crippen LogP contribution in [0.15, 0.2) is 18.2 Å². The largest absolute Gasteiger partial charge is 0.352 e. The SMILES string of the molecule is Cc1cc(CNC(=O)C2CCNCC2)ccc1F.Cl. The van der Waals surface area contributed by atoms with E-state index >= 15 is 0 Å². The number of nitrogens with one attached hydrogen (secondary N) is 2. The average Bonchev–Trinajstić information content (AvgIpc) is 2.41. The number of amides is 1. The van der Waals surface area contributed by atoms with Gasteiger partial charge in [0.25, 0.3) is 0 Å². The lowest BCUT2D eigenvalue weighted by Gasteiger charge is -2.21. The van der Waals surface area contributed by atoms with Gasteiger partial charge in [0.2, 0.25) is 5.91 Å². The van der Waals surface area contributed by atoms with Crippen LogP contribution in [0, 0.1) is 18.7 Å². The molecule has 1 aromatic carbocycles. The van der Waals surface area contributed by atoms with Crippen molar-refractivity contribution in [2.75, 3.05) is 13.1 Å². The van der Waals surface area contributed by atoms with Gasteiger partial charge in [-0.1, -0.05) is 12.1 Å². The summed E-state index contributed by atoms with van der Waals surface area (Å²) < 4.78 is 13.1. The number of rotatable bonds is 3. The second kappa shape index (κ2) is 7.46. The maximum Gasteiger partial charge on any atom is 0.223 e. The molecule has 1 fully saturated rings. The molecule has 3 nitrogen and oxygen atoms in total. The van der Waals surface area contributed by atoms with Crippen LogP contribution in [0.1, 0.15) is 24.0 Å². The molecule has 0 atom stereocenters. The molecule has 0 unspecified atom stereocenters. The molecule has 2 N–H and O–H groups in total. The van der Waals surface area contributed by atoms with E-state index in [0.29, 0.717) is 12.1 Å². The number of carbonyl (C=O) groups excluding carboxylic acids is 1. The molecule has 5 heteroatoms. The topological polar surface area (TPSA) is 41.1 Å². The minimum absolute atomic E-state index is 0. The third-order valence-corrected chi connectivity index (χ3v) is 3.40. The fraction of sp³-hybridized carbons (Fsp3) is 0.500. The number of piperidine rings is 1. The highest BCUT2D eigenvalue weighted by molar-refractivity contribution is 5.85. The molecule has 1 aliphatic heterocycles. The normalized spacial score (nSPS) is 15.7. The van der Waals surface area contributed by atoms with Crippen LogP contribution in [0.25, 0.3) is 0 Å². The quantitative estimate of drug-likeness (QED) is 0.894. The Morgan fingerprint density at radius 1 is 1.42 bits per heavy atom. The van der Waals surface area contributed by atoms with Crippen molar-refractivity contribution in [3.05, 3.63) is 35.1 Å². The molecule has 19 heavy (non-hydrogen) atoms. The molecule has 0 radical (unpaired) electrons. The predicted molar refractivity (Wildman–Crippen MR) is 75.8 cm³/mol. The number of hydrogen-bond donors (Lipinski definition) is 2. The fourth-order valence-corrected chi connectivity index (χ4v) is 2.23. The summed E-state index contributed by atoms with van der Waals surface area (Å²) in [6.45, 7) is 4.03. The van der Waals surface area contributed by atoms with E-state index in [4.69, 9.17) is 0 Å². The van der Waals surface area contributed by atoms with Crippen molar-refractivity contribution in [2.24, 2.45) is 5.92 Å². The zero-order valence-corrected chi connectivity index (χ0v) is 11.9. The Bertz CT molecular complexity index is 433. The fourth-order valence-electron chi connectivity index (χ4n) is 2.23. The molecule has 0 saturated carbocycles. The highest BCUT2D eigenvalue weighted by atomic mass is 35.5. The van der Waals surface area contributed by atoms with Gasteiger partial charge in [-0.15, -0.1) is 12.4 Å². The summed E-state index contributed by atoms with van der Waals surface area (Å²) in [5, 5.41) is 6.16. The van der Waals surface area contributed by atoms with Crippen LogP contribution < -0.4 is 10.6 Å². The second-order valence-corrected chi connectivity index (χ2v) is 4.83. The summed E-state index contributed by atoms with van der Waals surface area (Å²) in [6.07, 6.45) is 1.79. The van der Waals surface area contributed by atoms with Crippen molar-refractivity contribution in [2.45, 2.75) is 26.3 Å². The summed E-state index contributed by atoms with van der Waals surface area (Å²) >= 11 is 0. The van der Waals surface area contributed by atoms with E-state index in [2.05, 4.69) is 10.6 Å². The molecule has 0 aliphatic carbocycles. The van der Waals surface area contributed by atoms with Crippen LogP contribution in [-0.2, 0) is 11.3 Å². The maximum atomic E-state index is 13.1. The van der Waals surface area contributed by atoms with Crippen LogP contribution in [0.3, 0.4) is 0 Å². The monoisotopic (exact) mass is 286 g/mol. The molecule has 106 valence electrons. The highest BCUT2D eigenvalue weighted by Crippen LogP contribution is 2.13. The van der Waals surface area contributed by atoms with Gasteiger partial charge < -0.3 is 10.6 Å². The van der Waals surface area contributed by atoms with Gasteiger partial charge in [0.15, 0.2) is 0 Å². The molecule has 0 bridgehead atoms. The first-order valence-electron chi connectivity index (χ1n) is 6.40. The summed E-state index contributed by atoms with van der Waals surface area (Å²) in [6, 6.07) is 4.93. The molecule has 1 saturated heterocycles. The van der Waals surface area contributed by atoms with Crippen molar-refractivity contribution >= 4 is 18.3 Å². The van der Waals surface area contributed by atoms with Crippen molar-refractivity contribution in [3.63, 3.8) is 0 Å². The molecule has 1 heterocycles. The Balaban J connectivity index is 0.00000180. The van der Waals surface area contributed by atoms with E-state index in [-0.39, 0.29) is 30.0 Å². The van der Waals surface area contributed by atoms with Gasteiger partial charge in [-0.25, -0.2) is 4.39 Å². The first kappa shape index (κ1) is 15.9. The third kappa shape index (κ3) is 4.48. The lowest BCUT2D eigenvalue weighted by Crippen LogP contribution is -2.37. The zero-order valence-electron chi connectivity index (χ0n) is 11.0.